The monoisotopic (exact) mass is 1060 g/mol. The number of nitrogens with one attached hydrogen (secondary N) is 3. The molecule has 3 amide bonds. The number of amides is 3. The molecule has 0 bridgehead atoms. The second kappa shape index (κ2) is 41.3. The molecule has 0 aliphatic rings. The summed E-state index contributed by atoms with van der Waals surface area (Å²) in [5.41, 5.74) is -0.659. The molecule has 0 aliphatic carbocycles. The number of aliphatic hydroxyl groups is 1. The van der Waals surface area contributed by atoms with Gasteiger partial charge in [-0.15, -0.1) is 0 Å². The van der Waals surface area contributed by atoms with Crippen molar-refractivity contribution in [3.8, 4) is 0 Å². The predicted octanol–water partition coefficient (Wildman–Crippen LogP) is 9.58. The van der Waals surface area contributed by atoms with Crippen LogP contribution in [0.3, 0.4) is 0 Å². The highest BCUT2D eigenvalue weighted by Gasteiger charge is 2.34. The van der Waals surface area contributed by atoms with Crippen molar-refractivity contribution in [2.45, 2.75) is 189 Å². The van der Waals surface area contributed by atoms with E-state index in [4.69, 9.17) is 24.1 Å². The summed E-state index contributed by atoms with van der Waals surface area (Å²) < 4.78 is 58.6. The van der Waals surface area contributed by atoms with Gasteiger partial charge in [-0.2, -0.15) is 13.2 Å². The molecule has 0 heterocycles. The van der Waals surface area contributed by atoms with Gasteiger partial charge in [0.1, 0.15) is 26.6 Å². The van der Waals surface area contributed by atoms with Crippen LogP contribution < -0.4 is 16.0 Å². The van der Waals surface area contributed by atoms with Gasteiger partial charge in [0.2, 0.25) is 5.91 Å². The lowest BCUT2D eigenvalue weighted by Gasteiger charge is -2.20. The van der Waals surface area contributed by atoms with Crippen molar-refractivity contribution in [1.29, 1.82) is 0 Å². The average molecular weight is 1060 g/mol. The van der Waals surface area contributed by atoms with E-state index in [1.807, 2.05) is 90.0 Å². The van der Waals surface area contributed by atoms with E-state index in [9.17, 15) is 46.7 Å². The first-order valence-corrected chi connectivity index (χ1v) is 24.6. The number of alkyl halides is 3. The molecule has 4 N–H and O–H groups in total. The lowest BCUT2D eigenvalue weighted by atomic mass is 9.89. The molecule has 0 saturated heterocycles. The Morgan fingerprint density at radius 1 is 0.562 bits per heavy atom. The Morgan fingerprint density at radius 2 is 0.918 bits per heavy atom. The van der Waals surface area contributed by atoms with E-state index in [1.54, 1.807) is 48.7 Å². The summed E-state index contributed by atoms with van der Waals surface area (Å²) in [7, 11) is 1.55. The van der Waals surface area contributed by atoms with Crippen LogP contribution in [0.2, 0.25) is 0 Å². The van der Waals surface area contributed by atoms with Crippen LogP contribution in [0.25, 0.3) is 0 Å². The summed E-state index contributed by atoms with van der Waals surface area (Å²) >= 11 is 0. The van der Waals surface area contributed by atoms with Gasteiger partial charge in [-0.3, -0.25) is 33.6 Å². The molecule has 0 aromatic rings. The number of hydrogen-bond donors (Lipinski definition) is 4. The number of aliphatic hydroxyl groups excluding tert-OH is 1. The molecule has 0 fully saturated rings. The number of nitrogens with zero attached hydrogens (tertiary/aromatic N) is 2. The minimum absolute atomic E-state index is 0.0434. The molecule has 20 nitrogen and oxygen atoms in total. The highest BCUT2D eigenvalue weighted by molar-refractivity contribution is 5.83. The van der Waals surface area contributed by atoms with Gasteiger partial charge in [0.05, 0.1) is 52.8 Å². The molecule has 23 heteroatoms. The van der Waals surface area contributed by atoms with Crippen molar-refractivity contribution in [3.63, 3.8) is 0 Å². The van der Waals surface area contributed by atoms with Crippen molar-refractivity contribution in [2.24, 2.45) is 37.9 Å². The molecule has 0 aliphatic heterocycles. The largest absolute Gasteiger partial charge is 0.463 e. The summed E-state index contributed by atoms with van der Waals surface area (Å²) in [6.07, 6.45) is -1.42. The number of esters is 4. The summed E-state index contributed by atoms with van der Waals surface area (Å²) in [6, 6.07) is 0. The maximum absolute atomic E-state index is 11.6. The summed E-state index contributed by atoms with van der Waals surface area (Å²) in [6.45, 7) is 34.0. The van der Waals surface area contributed by atoms with Crippen molar-refractivity contribution in [2.75, 3.05) is 53.4 Å². The molecule has 430 valence electrons. The van der Waals surface area contributed by atoms with E-state index in [0.29, 0.717) is 26.0 Å². The van der Waals surface area contributed by atoms with Crippen molar-refractivity contribution in [3.05, 3.63) is 0 Å². The molecule has 73 heavy (non-hydrogen) atoms. The SMILES string of the molecule is CC/C(C)=N/OC(=O)NCCOC(=O)C(C)(C)CC.CC/C(C)=N/OC(=O)NCCOC(=O)C(C)(C)CC.CCC(C)(C)C(=O)NCOC.CCC(C)(C)C(=O)OCC(F)(F)F.CCC(C)C(=O)OCC(C)O. The number of hydrogen-bond acceptors (Lipinski definition) is 17. The fourth-order valence-corrected chi connectivity index (χ4v) is 3.24. The lowest BCUT2D eigenvalue weighted by molar-refractivity contribution is -0.192. The maximum Gasteiger partial charge on any atom is 0.433 e. The predicted molar refractivity (Wildman–Crippen MR) is 273 cm³/mol. The van der Waals surface area contributed by atoms with Gasteiger partial charge in [-0.05, 0) is 107 Å². The van der Waals surface area contributed by atoms with Crippen LogP contribution in [0.15, 0.2) is 10.3 Å². The van der Waals surface area contributed by atoms with Gasteiger partial charge in [0, 0.05) is 12.5 Å². The van der Waals surface area contributed by atoms with Crippen molar-refractivity contribution < 1.29 is 85.2 Å². The van der Waals surface area contributed by atoms with Crippen LogP contribution in [-0.2, 0) is 57.3 Å². The number of oxime groups is 2. The molecule has 0 radical (unpaired) electrons. The Bertz CT molecular complexity index is 1590. The van der Waals surface area contributed by atoms with E-state index >= 15 is 0 Å². The van der Waals surface area contributed by atoms with E-state index in [2.05, 4.69) is 40.7 Å². The summed E-state index contributed by atoms with van der Waals surface area (Å²) in [5.74, 6) is -1.61. The number of carbonyl (C=O) groups is 7. The second-order valence-corrected chi connectivity index (χ2v) is 19.1. The minimum Gasteiger partial charge on any atom is -0.463 e. The Labute approximate surface area is 433 Å². The van der Waals surface area contributed by atoms with E-state index in [1.165, 1.54) is 0 Å². The fraction of sp³-hybridized carbons (Fsp3) is 0.820. The van der Waals surface area contributed by atoms with Crippen molar-refractivity contribution >= 4 is 53.4 Å². The number of rotatable bonds is 25. The number of ether oxygens (including phenoxy) is 5. The first kappa shape index (κ1) is 76.8. The third kappa shape index (κ3) is 44.2. The van der Waals surface area contributed by atoms with Crippen molar-refractivity contribution in [1.82, 2.24) is 16.0 Å². The van der Waals surface area contributed by atoms with Crippen LogP contribution in [-0.4, -0.2) is 124 Å². The second-order valence-electron chi connectivity index (χ2n) is 19.1. The number of halogens is 3. The van der Waals surface area contributed by atoms with Crippen LogP contribution in [0.5, 0.6) is 0 Å². The number of carbonyl (C=O) groups excluding carboxylic acids is 7. The molecule has 0 rings (SSSR count). The third-order valence-corrected chi connectivity index (χ3v) is 10.8. The van der Waals surface area contributed by atoms with Gasteiger partial charge < -0.3 is 44.7 Å². The highest BCUT2D eigenvalue weighted by Crippen LogP contribution is 2.24. The molecule has 0 spiro atoms. The molecule has 0 saturated carbocycles. The smallest absolute Gasteiger partial charge is 0.433 e. The van der Waals surface area contributed by atoms with E-state index < -0.39 is 53.3 Å². The fourth-order valence-electron chi connectivity index (χ4n) is 3.24. The zero-order chi connectivity index (χ0) is 58.2. The molecule has 2 atom stereocenters. The molecular weight excluding hydrogens is 968 g/mol. The number of methoxy groups -OCH3 is 1. The van der Waals surface area contributed by atoms with Gasteiger partial charge in [-0.25, -0.2) is 9.59 Å². The Hall–Kier alpha value is -5.06. The van der Waals surface area contributed by atoms with Gasteiger partial charge in [0.15, 0.2) is 6.61 Å². The van der Waals surface area contributed by atoms with Crippen LogP contribution in [0, 0.1) is 27.6 Å². The topological polar surface area (TPSA) is 265 Å². The minimum atomic E-state index is -4.44. The molecule has 0 aromatic carbocycles. The van der Waals surface area contributed by atoms with Gasteiger partial charge in [0.25, 0.3) is 0 Å². The highest BCUT2D eigenvalue weighted by atomic mass is 19.4. The summed E-state index contributed by atoms with van der Waals surface area (Å²) in [5, 5.41) is 23.5. The lowest BCUT2D eigenvalue weighted by Crippen LogP contribution is -2.37. The van der Waals surface area contributed by atoms with Crippen LogP contribution >= 0.6 is 0 Å². The first-order chi connectivity index (χ1) is 33.5. The molecule has 2 unspecified atom stereocenters. The molecular formula is C50H94F3N5O15. The standard InChI is InChI=1S/2C13H24N2O4.C8H13F3O2.C8H17NO2.C8H16O3/c2*1-6-10(3)15-19-12(17)14-8-9-18-11(16)13(4,5)7-2;1-4-7(2,3)6(12)13-5-8(9,10)11;1-5-8(2,3)7(10)9-6-11-4;1-4-6(2)8(10)11-5-7(3)9/h2*6-9H2,1-5H3,(H,14,17);4-5H2,1-3H3;5-6H2,1-4H3,(H,9,10);6-7,9H,4-5H2,1-3H3/b2*15-10+;;;. The van der Waals surface area contributed by atoms with Crippen LogP contribution in [0.1, 0.15) is 176 Å². The Kier molecular flexibility index (Phi) is 43.5. The quantitative estimate of drug-likeness (QED) is 0.0126. The van der Waals surface area contributed by atoms with Gasteiger partial charge in [-0.1, -0.05) is 79.5 Å². The first-order valence-electron chi connectivity index (χ1n) is 24.6. The third-order valence-electron chi connectivity index (χ3n) is 10.8. The zero-order valence-electron chi connectivity index (χ0n) is 47.7. The van der Waals surface area contributed by atoms with E-state index in [-0.39, 0.29) is 68.1 Å². The normalized spacial score (nSPS) is 12.5. The average Bonchev–Trinajstić information content (AvgIpc) is 3.34. The summed E-state index contributed by atoms with van der Waals surface area (Å²) in [4.78, 5) is 88.0. The van der Waals surface area contributed by atoms with Crippen LogP contribution in [0.4, 0.5) is 22.8 Å². The van der Waals surface area contributed by atoms with E-state index in [0.717, 1.165) is 37.1 Å². The zero-order valence-corrected chi connectivity index (χ0v) is 47.7. The molecule has 0 aromatic heterocycles. The maximum atomic E-state index is 11.6. The Morgan fingerprint density at radius 3 is 1.21 bits per heavy atom. The Balaban J connectivity index is -0.000000270. The van der Waals surface area contributed by atoms with Gasteiger partial charge >= 0.3 is 42.2 Å².